The third-order valence-electron chi connectivity index (χ3n) is 6.39. The van der Waals surface area contributed by atoms with Crippen molar-refractivity contribution in [2.24, 2.45) is 0 Å². The summed E-state index contributed by atoms with van der Waals surface area (Å²) in [5.41, 5.74) is -0.777. The van der Waals surface area contributed by atoms with Gasteiger partial charge in [-0.15, -0.1) is 0 Å². The van der Waals surface area contributed by atoms with Gasteiger partial charge >= 0.3 is 0 Å². The fourth-order valence-corrected chi connectivity index (χ4v) is 4.61. The van der Waals surface area contributed by atoms with Gasteiger partial charge in [-0.05, 0) is 45.2 Å². The molecule has 2 heterocycles. The fraction of sp³-hybridized carbons (Fsp3) is 0.360. The molecule has 39 heavy (non-hydrogen) atoms. The lowest BCUT2D eigenvalue weighted by atomic mass is 10.0. The Kier molecular flexibility index (Phi) is 8.19. The first kappa shape index (κ1) is 27.6. The lowest BCUT2D eigenvalue weighted by Gasteiger charge is -2.36. The van der Waals surface area contributed by atoms with Crippen molar-refractivity contribution in [3.63, 3.8) is 0 Å². The van der Waals surface area contributed by atoms with Gasteiger partial charge < -0.3 is 14.3 Å². The van der Waals surface area contributed by atoms with Crippen LogP contribution in [-0.2, 0) is 4.79 Å². The van der Waals surface area contributed by atoms with Crippen LogP contribution >= 0.6 is 11.6 Å². The summed E-state index contributed by atoms with van der Waals surface area (Å²) in [5.74, 6) is -0.532. The average Bonchev–Trinajstić information content (AvgIpc) is 3.41. The van der Waals surface area contributed by atoms with E-state index >= 15 is 0 Å². The average molecular weight is 557 g/mol. The molecule has 1 aromatic heterocycles. The Morgan fingerprint density at radius 3 is 2.44 bits per heavy atom. The van der Waals surface area contributed by atoms with Gasteiger partial charge in [0.15, 0.2) is 0 Å². The van der Waals surface area contributed by atoms with Crippen molar-refractivity contribution in [3.8, 4) is 11.4 Å². The summed E-state index contributed by atoms with van der Waals surface area (Å²) in [5, 5.41) is 27.1. The first-order valence-electron chi connectivity index (χ1n) is 12.2. The number of carbonyl (C=O) groups excluding carboxylic acids is 2. The van der Waals surface area contributed by atoms with Crippen molar-refractivity contribution in [2.45, 2.75) is 45.2 Å². The van der Waals surface area contributed by atoms with Crippen LogP contribution in [0.1, 0.15) is 55.4 Å². The third kappa shape index (κ3) is 6.20. The molecule has 0 bridgehead atoms. The molecular weight excluding hydrogens is 532 g/mol. The number of halogens is 1. The maximum Gasteiger partial charge on any atom is 0.277 e. The van der Waals surface area contributed by atoms with Gasteiger partial charge in [-0.3, -0.25) is 29.8 Å². The van der Waals surface area contributed by atoms with Gasteiger partial charge in [-0.1, -0.05) is 28.9 Å². The smallest absolute Gasteiger partial charge is 0.277 e. The zero-order valence-corrected chi connectivity index (χ0v) is 21.9. The molecular formula is C25H25ClN6O7. The minimum atomic E-state index is -0.810. The van der Waals surface area contributed by atoms with Gasteiger partial charge in [-0.25, -0.2) is 0 Å². The highest BCUT2D eigenvalue weighted by atomic mass is 35.5. The van der Waals surface area contributed by atoms with E-state index in [-0.39, 0.29) is 23.9 Å². The van der Waals surface area contributed by atoms with E-state index in [1.807, 2.05) is 0 Å². The molecule has 1 atom stereocenters. The number of nitro groups is 2. The number of nitro benzene ring substituents is 2. The van der Waals surface area contributed by atoms with Crippen molar-refractivity contribution in [3.05, 3.63) is 79.2 Å². The number of nitrogens with zero attached hydrogens (tertiary/aromatic N) is 6. The first-order chi connectivity index (χ1) is 18.5. The minimum Gasteiger partial charge on any atom is -0.337 e. The summed E-state index contributed by atoms with van der Waals surface area (Å²) in [6, 6.07) is 8.69. The molecule has 13 nitrogen and oxygen atoms in total. The van der Waals surface area contributed by atoms with Crippen molar-refractivity contribution in [1.29, 1.82) is 0 Å². The number of likely N-dealkylation sites (tertiary alicyclic amines) is 1. The van der Waals surface area contributed by atoms with E-state index in [9.17, 15) is 29.8 Å². The Balaban J connectivity index is 1.57. The summed E-state index contributed by atoms with van der Waals surface area (Å²) in [6.45, 7) is 3.42. The number of amides is 2. The summed E-state index contributed by atoms with van der Waals surface area (Å²) in [7, 11) is 0. The van der Waals surface area contributed by atoms with Gasteiger partial charge in [0.25, 0.3) is 17.3 Å². The van der Waals surface area contributed by atoms with Crippen LogP contribution in [-0.4, -0.2) is 60.7 Å². The highest BCUT2D eigenvalue weighted by Crippen LogP contribution is 2.32. The summed E-state index contributed by atoms with van der Waals surface area (Å²) in [4.78, 5) is 55.1. The maximum atomic E-state index is 13.5. The predicted molar refractivity (Wildman–Crippen MR) is 139 cm³/mol. The zero-order valence-electron chi connectivity index (χ0n) is 21.2. The molecule has 1 saturated heterocycles. The van der Waals surface area contributed by atoms with Gasteiger partial charge in [0.05, 0.1) is 21.5 Å². The second-order valence-corrected chi connectivity index (χ2v) is 9.78. The molecule has 0 N–H and O–H groups in total. The number of rotatable bonds is 8. The number of hydrogen-bond acceptors (Lipinski definition) is 9. The number of piperidine rings is 1. The molecule has 1 aliphatic rings. The third-order valence-corrected chi connectivity index (χ3v) is 6.63. The number of carbonyl (C=O) groups is 2. The van der Waals surface area contributed by atoms with E-state index in [0.29, 0.717) is 29.4 Å². The van der Waals surface area contributed by atoms with E-state index in [0.717, 1.165) is 31.0 Å². The molecule has 1 aliphatic heterocycles. The lowest BCUT2D eigenvalue weighted by molar-refractivity contribution is -0.394. The molecule has 14 heteroatoms. The Hall–Kier alpha value is -4.39. The predicted octanol–water partition coefficient (Wildman–Crippen LogP) is 4.81. The van der Waals surface area contributed by atoms with Crippen molar-refractivity contribution >= 4 is 34.8 Å². The highest BCUT2D eigenvalue weighted by Gasteiger charge is 2.35. The van der Waals surface area contributed by atoms with Crippen LogP contribution in [0.5, 0.6) is 0 Å². The van der Waals surface area contributed by atoms with Crippen LogP contribution in [0.2, 0.25) is 5.02 Å². The van der Waals surface area contributed by atoms with Gasteiger partial charge in [0, 0.05) is 35.3 Å². The van der Waals surface area contributed by atoms with Crippen LogP contribution < -0.4 is 0 Å². The Bertz CT molecular complexity index is 1390. The monoisotopic (exact) mass is 556 g/mol. The fourth-order valence-electron chi connectivity index (χ4n) is 4.42. The van der Waals surface area contributed by atoms with Crippen LogP contribution in [0.3, 0.4) is 0 Å². The topological polar surface area (TPSA) is 166 Å². The van der Waals surface area contributed by atoms with Gasteiger partial charge in [0.2, 0.25) is 17.6 Å². The molecule has 204 valence electrons. The Labute approximate surface area is 227 Å². The Morgan fingerprint density at radius 1 is 1.13 bits per heavy atom. The van der Waals surface area contributed by atoms with Gasteiger partial charge in [-0.2, -0.15) is 4.98 Å². The molecule has 2 amide bonds. The molecule has 3 aromatic rings. The molecule has 2 aromatic carbocycles. The Morgan fingerprint density at radius 2 is 1.82 bits per heavy atom. The van der Waals surface area contributed by atoms with Crippen LogP contribution in [0.15, 0.2) is 47.0 Å². The highest BCUT2D eigenvalue weighted by molar-refractivity contribution is 6.30. The molecule has 0 aliphatic carbocycles. The van der Waals surface area contributed by atoms with E-state index in [4.69, 9.17) is 16.1 Å². The quantitative estimate of drug-likeness (QED) is 0.279. The number of non-ortho nitro benzene ring substituents is 2. The summed E-state index contributed by atoms with van der Waals surface area (Å²) >= 11 is 6.07. The zero-order chi connectivity index (χ0) is 28.3. The van der Waals surface area contributed by atoms with E-state index in [1.165, 1.54) is 4.90 Å². The van der Waals surface area contributed by atoms with E-state index < -0.39 is 39.2 Å². The molecule has 0 spiro atoms. The normalized spacial score (nSPS) is 15.3. The van der Waals surface area contributed by atoms with Crippen molar-refractivity contribution in [1.82, 2.24) is 19.9 Å². The van der Waals surface area contributed by atoms with Crippen LogP contribution in [0.4, 0.5) is 11.4 Å². The molecule has 0 saturated carbocycles. The standard InChI is InChI=1S/C25H25ClN6O7/c1-15(2)30(25(34)17-11-19(31(35)36)13-20(12-17)32(37)38)14-22(33)29-9-4-3-8-21(29)24-27-23(28-39-24)16-6-5-7-18(26)10-16/h5-7,10-13,15,21H,3-4,8-9,14H2,1-2H3. The summed E-state index contributed by atoms with van der Waals surface area (Å²) in [6.07, 6.45) is 2.15. The lowest BCUT2D eigenvalue weighted by Crippen LogP contribution is -2.48. The van der Waals surface area contributed by atoms with E-state index in [1.54, 1.807) is 43.0 Å². The SMILES string of the molecule is CC(C)N(CC(=O)N1CCCCC1c1nc(-c2cccc(Cl)c2)no1)C(=O)c1cc([N+](=O)[O-])cc([N+](=O)[O-])c1. The largest absolute Gasteiger partial charge is 0.337 e. The second kappa shape index (κ2) is 11.6. The van der Waals surface area contributed by atoms with E-state index in [2.05, 4.69) is 10.1 Å². The number of benzene rings is 2. The number of hydrogen-bond donors (Lipinski definition) is 0. The molecule has 0 radical (unpaired) electrons. The second-order valence-electron chi connectivity index (χ2n) is 9.34. The maximum absolute atomic E-state index is 13.5. The first-order valence-corrected chi connectivity index (χ1v) is 12.6. The summed E-state index contributed by atoms with van der Waals surface area (Å²) < 4.78 is 5.51. The van der Waals surface area contributed by atoms with Crippen molar-refractivity contribution in [2.75, 3.05) is 13.1 Å². The molecule has 4 rings (SSSR count). The number of aromatic nitrogens is 2. The molecule has 1 fully saturated rings. The van der Waals surface area contributed by atoms with Crippen LogP contribution in [0, 0.1) is 20.2 Å². The van der Waals surface area contributed by atoms with Crippen LogP contribution in [0.25, 0.3) is 11.4 Å². The minimum absolute atomic E-state index is 0.254. The van der Waals surface area contributed by atoms with Crippen molar-refractivity contribution < 1.29 is 24.0 Å². The van der Waals surface area contributed by atoms with Gasteiger partial charge in [0.1, 0.15) is 12.6 Å². The molecule has 1 unspecified atom stereocenters.